The number of hydrogen-bond donors (Lipinski definition) is 3. The summed E-state index contributed by atoms with van der Waals surface area (Å²) in [5.74, 6) is -0.376. The van der Waals surface area contributed by atoms with Crippen LogP contribution >= 0.6 is 11.6 Å². The molecule has 0 aromatic heterocycles. The van der Waals surface area contributed by atoms with Gasteiger partial charge in [0.15, 0.2) is 0 Å². The highest BCUT2D eigenvalue weighted by atomic mass is 35.5. The van der Waals surface area contributed by atoms with Crippen molar-refractivity contribution < 1.29 is 22.7 Å². The van der Waals surface area contributed by atoms with Crippen molar-refractivity contribution in [3.8, 4) is 5.75 Å². The summed E-state index contributed by atoms with van der Waals surface area (Å²) in [6, 6.07) is 9.46. The zero-order valence-corrected chi connectivity index (χ0v) is 17.7. The molecule has 0 bridgehead atoms. The number of carbonyl (C=O) groups is 2. The van der Waals surface area contributed by atoms with E-state index in [0.29, 0.717) is 23.7 Å². The standard InChI is InChI=1S/C19H22ClN3O5S/c1-4-28-18-10-9-16(11-17(18)20)29(26,27)23-12(2)19(25)22-15-7-5-14(6-8-15)21-13(3)24/h5-12,23H,4H2,1-3H3,(H,21,24)(H,22,25)/t12-/m1/s1. The van der Waals surface area contributed by atoms with E-state index in [1.54, 1.807) is 31.2 Å². The second-order valence-electron chi connectivity index (χ2n) is 6.12. The number of nitrogens with one attached hydrogen (secondary N) is 3. The number of ether oxygens (including phenoxy) is 1. The van der Waals surface area contributed by atoms with Gasteiger partial charge < -0.3 is 15.4 Å². The highest BCUT2D eigenvalue weighted by Gasteiger charge is 2.23. The van der Waals surface area contributed by atoms with Crippen LogP contribution in [0.3, 0.4) is 0 Å². The third-order valence-electron chi connectivity index (χ3n) is 3.71. The monoisotopic (exact) mass is 439 g/mol. The Morgan fingerprint density at radius 2 is 1.66 bits per heavy atom. The molecule has 156 valence electrons. The average Bonchev–Trinajstić information content (AvgIpc) is 2.64. The molecule has 0 spiro atoms. The second kappa shape index (κ2) is 9.73. The van der Waals surface area contributed by atoms with Gasteiger partial charge in [-0.1, -0.05) is 11.6 Å². The first-order chi connectivity index (χ1) is 13.6. The first-order valence-corrected chi connectivity index (χ1v) is 10.6. The van der Waals surface area contributed by atoms with Crippen LogP contribution < -0.4 is 20.1 Å². The summed E-state index contributed by atoms with van der Waals surface area (Å²) < 4.78 is 32.7. The Morgan fingerprint density at radius 3 is 2.17 bits per heavy atom. The minimum Gasteiger partial charge on any atom is -0.492 e. The van der Waals surface area contributed by atoms with Gasteiger partial charge in [-0.05, 0) is 56.3 Å². The molecule has 0 aliphatic heterocycles. The van der Waals surface area contributed by atoms with Crippen molar-refractivity contribution in [3.05, 3.63) is 47.5 Å². The van der Waals surface area contributed by atoms with Crippen LogP contribution in [0.2, 0.25) is 5.02 Å². The highest BCUT2D eigenvalue weighted by Crippen LogP contribution is 2.27. The van der Waals surface area contributed by atoms with Crippen molar-refractivity contribution in [2.24, 2.45) is 0 Å². The molecule has 29 heavy (non-hydrogen) atoms. The summed E-state index contributed by atoms with van der Waals surface area (Å²) in [4.78, 5) is 23.3. The first-order valence-electron chi connectivity index (χ1n) is 8.75. The third kappa shape index (κ3) is 6.45. The minimum absolute atomic E-state index is 0.0785. The topological polar surface area (TPSA) is 114 Å². The Bertz CT molecular complexity index is 993. The molecule has 2 aromatic carbocycles. The van der Waals surface area contributed by atoms with Crippen LogP contribution in [-0.2, 0) is 19.6 Å². The largest absolute Gasteiger partial charge is 0.492 e. The molecule has 2 rings (SSSR count). The molecule has 10 heteroatoms. The fraction of sp³-hybridized carbons (Fsp3) is 0.263. The van der Waals surface area contributed by atoms with E-state index in [1.807, 2.05) is 0 Å². The van der Waals surface area contributed by atoms with Crippen molar-refractivity contribution in [3.63, 3.8) is 0 Å². The van der Waals surface area contributed by atoms with E-state index in [-0.39, 0.29) is 15.8 Å². The van der Waals surface area contributed by atoms with E-state index in [1.165, 1.54) is 32.0 Å². The van der Waals surface area contributed by atoms with Gasteiger partial charge in [-0.2, -0.15) is 4.72 Å². The molecule has 0 heterocycles. The van der Waals surface area contributed by atoms with Gasteiger partial charge in [-0.15, -0.1) is 0 Å². The highest BCUT2D eigenvalue weighted by molar-refractivity contribution is 7.89. The van der Waals surface area contributed by atoms with Crippen LogP contribution in [0, 0.1) is 0 Å². The van der Waals surface area contributed by atoms with Gasteiger partial charge in [0.25, 0.3) is 0 Å². The van der Waals surface area contributed by atoms with Gasteiger partial charge in [0, 0.05) is 18.3 Å². The van der Waals surface area contributed by atoms with Crippen LogP contribution in [0.5, 0.6) is 5.75 Å². The lowest BCUT2D eigenvalue weighted by Crippen LogP contribution is -2.41. The molecular formula is C19H22ClN3O5S. The van der Waals surface area contributed by atoms with Crippen LogP contribution in [-0.4, -0.2) is 32.9 Å². The molecule has 2 amide bonds. The fourth-order valence-corrected chi connectivity index (χ4v) is 3.89. The van der Waals surface area contributed by atoms with Gasteiger partial charge in [-0.3, -0.25) is 9.59 Å². The Labute approximate surface area is 174 Å². The summed E-state index contributed by atoms with van der Waals surface area (Å²) >= 11 is 6.04. The maximum Gasteiger partial charge on any atom is 0.242 e. The van der Waals surface area contributed by atoms with E-state index in [0.717, 1.165) is 0 Å². The van der Waals surface area contributed by atoms with E-state index in [2.05, 4.69) is 15.4 Å². The van der Waals surface area contributed by atoms with Crippen LogP contribution in [0.15, 0.2) is 47.4 Å². The molecule has 8 nitrogen and oxygen atoms in total. The predicted octanol–water partition coefficient (Wildman–Crippen LogP) is 3.00. The van der Waals surface area contributed by atoms with Crippen molar-refractivity contribution in [1.82, 2.24) is 4.72 Å². The molecule has 3 N–H and O–H groups in total. The number of benzene rings is 2. The average molecular weight is 440 g/mol. The second-order valence-corrected chi connectivity index (χ2v) is 8.24. The number of anilines is 2. The van der Waals surface area contributed by atoms with Crippen LogP contribution in [0.4, 0.5) is 11.4 Å². The van der Waals surface area contributed by atoms with Gasteiger partial charge in [-0.25, -0.2) is 8.42 Å². The summed E-state index contributed by atoms with van der Waals surface area (Å²) in [5, 5.41) is 5.38. The quantitative estimate of drug-likeness (QED) is 0.585. The Kier molecular flexibility index (Phi) is 7.60. The van der Waals surface area contributed by atoms with E-state index < -0.39 is 22.0 Å². The Morgan fingerprint density at radius 1 is 1.07 bits per heavy atom. The van der Waals surface area contributed by atoms with E-state index in [9.17, 15) is 18.0 Å². The zero-order chi connectivity index (χ0) is 21.6. The van der Waals surface area contributed by atoms with E-state index >= 15 is 0 Å². The number of carbonyl (C=O) groups excluding carboxylic acids is 2. The Hall–Kier alpha value is -2.62. The third-order valence-corrected chi connectivity index (χ3v) is 5.55. The molecule has 1 atom stereocenters. The smallest absolute Gasteiger partial charge is 0.242 e. The summed E-state index contributed by atoms with van der Waals surface area (Å²) in [6.07, 6.45) is 0. The lowest BCUT2D eigenvalue weighted by atomic mass is 10.2. The molecule has 2 aromatic rings. The van der Waals surface area contributed by atoms with Gasteiger partial charge in [0.1, 0.15) is 5.75 Å². The molecule has 0 fully saturated rings. The maximum atomic E-state index is 12.5. The molecule has 0 aliphatic rings. The van der Waals surface area contributed by atoms with Gasteiger partial charge in [0.2, 0.25) is 21.8 Å². The molecule has 0 aliphatic carbocycles. The molecule has 0 unspecified atom stereocenters. The lowest BCUT2D eigenvalue weighted by Gasteiger charge is -2.15. The van der Waals surface area contributed by atoms with Gasteiger partial charge in [0.05, 0.1) is 22.6 Å². The van der Waals surface area contributed by atoms with Crippen molar-refractivity contribution in [2.45, 2.75) is 31.7 Å². The summed E-state index contributed by atoms with van der Waals surface area (Å²) in [7, 11) is -3.97. The van der Waals surface area contributed by atoms with Crippen LogP contribution in [0.1, 0.15) is 20.8 Å². The lowest BCUT2D eigenvalue weighted by molar-refractivity contribution is -0.117. The zero-order valence-electron chi connectivity index (χ0n) is 16.2. The summed E-state index contributed by atoms with van der Waals surface area (Å²) in [6.45, 7) is 5.00. The fourth-order valence-electron chi connectivity index (χ4n) is 2.37. The normalized spacial score (nSPS) is 12.1. The molecule has 0 saturated heterocycles. The SMILES string of the molecule is CCOc1ccc(S(=O)(=O)N[C@H](C)C(=O)Nc2ccc(NC(C)=O)cc2)cc1Cl. The minimum atomic E-state index is -3.97. The molecular weight excluding hydrogens is 418 g/mol. The predicted molar refractivity (Wildman–Crippen MR) is 112 cm³/mol. The molecule has 0 saturated carbocycles. The van der Waals surface area contributed by atoms with Gasteiger partial charge >= 0.3 is 0 Å². The number of sulfonamides is 1. The Balaban J connectivity index is 2.04. The van der Waals surface area contributed by atoms with E-state index in [4.69, 9.17) is 16.3 Å². The van der Waals surface area contributed by atoms with Crippen molar-refractivity contribution >= 4 is 44.8 Å². The number of halogens is 1. The van der Waals surface area contributed by atoms with Crippen LogP contribution in [0.25, 0.3) is 0 Å². The first kappa shape index (κ1) is 22.7. The maximum absolute atomic E-state index is 12.5. The molecule has 0 radical (unpaired) electrons. The number of rotatable bonds is 8. The van der Waals surface area contributed by atoms with Crippen molar-refractivity contribution in [1.29, 1.82) is 0 Å². The van der Waals surface area contributed by atoms with Crippen molar-refractivity contribution in [2.75, 3.05) is 17.2 Å². The number of hydrogen-bond acceptors (Lipinski definition) is 5. The summed E-state index contributed by atoms with van der Waals surface area (Å²) in [5.41, 5.74) is 1.04. The number of amides is 2.